The van der Waals surface area contributed by atoms with Crippen LogP contribution in [0.3, 0.4) is 0 Å². The van der Waals surface area contributed by atoms with Gasteiger partial charge >= 0.3 is 0 Å². The molecule has 1 heterocycles. The molecule has 1 saturated heterocycles. The zero-order valence-corrected chi connectivity index (χ0v) is 12.6. The SMILES string of the molecule is CC(C)C1CN(C2CCCCCCC2)C(C)CN1. The van der Waals surface area contributed by atoms with E-state index in [1.54, 1.807) is 0 Å². The first-order valence-electron chi connectivity index (χ1n) is 8.17. The minimum Gasteiger partial charge on any atom is -0.311 e. The minimum atomic E-state index is 0.701. The van der Waals surface area contributed by atoms with Gasteiger partial charge < -0.3 is 5.32 Å². The molecule has 0 aromatic rings. The Morgan fingerprint density at radius 1 is 1.00 bits per heavy atom. The number of nitrogens with zero attached hydrogens (tertiary/aromatic N) is 1. The normalized spacial score (nSPS) is 33.3. The summed E-state index contributed by atoms with van der Waals surface area (Å²) in [6.07, 6.45) is 10.2. The Kier molecular flexibility index (Phi) is 5.50. The molecule has 1 aliphatic carbocycles. The lowest BCUT2D eigenvalue weighted by atomic mass is 9.92. The summed E-state index contributed by atoms with van der Waals surface area (Å²) in [7, 11) is 0. The summed E-state index contributed by atoms with van der Waals surface area (Å²) in [5, 5.41) is 3.72. The van der Waals surface area contributed by atoms with Crippen LogP contribution in [0.1, 0.15) is 65.7 Å². The van der Waals surface area contributed by atoms with Gasteiger partial charge in [-0.2, -0.15) is 0 Å². The molecular formula is C16H32N2. The molecule has 0 spiro atoms. The summed E-state index contributed by atoms with van der Waals surface area (Å²) in [6.45, 7) is 9.55. The molecule has 0 aromatic carbocycles. The zero-order valence-electron chi connectivity index (χ0n) is 12.6. The van der Waals surface area contributed by atoms with E-state index >= 15 is 0 Å². The molecule has 2 unspecified atom stereocenters. The van der Waals surface area contributed by atoms with Crippen molar-refractivity contribution in [3.63, 3.8) is 0 Å². The highest BCUT2D eigenvalue weighted by molar-refractivity contribution is 4.89. The van der Waals surface area contributed by atoms with E-state index in [0.717, 1.165) is 18.0 Å². The number of piperazine rings is 1. The first-order chi connectivity index (χ1) is 8.68. The molecule has 0 radical (unpaired) electrons. The van der Waals surface area contributed by atoms with Crippen LogP contribution in [0.25, 0.3) is 0 Å². The van der Waals surface area contributed by atoms with Gasteiger partial charge in [0.2, 0.25) is 0 Å². The van der Waals surface area contributed by atoms with Crippen LogP contribution in [0.2, 0.25) is 0 Å². The summed E-state index contributed by atoms with van der Waals surface area (Å²) in [5.74, 6) is 0.758. The molecule has 0 amide bonds. The van der Waals surface area contributed by atoms with E-state index in [9.17, 15) is 0 Å². The van der Waals surface area contributed by atoms with Crippen molar-refractivity contribution in [2.75, 3.05) is 13.1 Å². The fraction of sp³-hybridized carbons (Fsp3) is 1.00. The lowest BCUT2D eigenvalue weighted by Gasteiger charge is -2.45. The van der Waals surface area contributed by atoms with Gasteiger partial charge in [0.05, 0.1) is 0 Å². The van der Waals surface area contributed by atoms with Gasteiger partial charge in [-0.05, 0) is 25.7 Å². The molecule has 0 aromatic heterocycles. The summed E-state index contributed by atoms with van der Waals surface area (Å²) in [4.78, 5) is 2.83. The predicted molar refractivity (Wildman–Crippen MR) is 78.9 cm³/mol. The van der Waals surface area contributed by atoms with Crippen LogP contribution in [0.5, 0.6) is 0 Å². The van der Waals surface area contributed by atoms with Crippen LogP contribution < -0.4 is 5.32 Å². The second kappa shape index (κ2) is 6.91. The highest BCUT2D eigenvalue weighted by Gasteiger charge is 2.31. The summed E-state index contributed by atoms with van der Waals surface area (Å²) < 4.78 is 0. The van der Waals surface area contributed by atoms with Crippen LogP contribution in [-0.2, 0) is 0 Å². The van der Waals surface area contributed by atoms with Gasteiger partial charge in [0, 0.05) is 31.2 Å². The van der Waals surface area contributed by atoms with Crippen LogP contribution in [0, 0.1) is 5.92 Å². The summed E-state index contributed by atoms with van der Waals surface area (Å²) in [6, 6.07) is 2.29. The second-order valence-electron chi connectivity index (χ2n) is 6.80. The van der Waals surface area contributed by atoms with Gasteiger partial charge in [-0.3, -0.25) is 4.90 Å². The van der Waals surface area contributed by atoms with E-state index in [1.165, 1.54) is 58.0 Å². The van der Waals surface area contributed by atoms with Crippen LogP contribution in [-0.4, -0.2) is 36.1 Å². The molecular weight excluding hydrogens is 220 g/mol. The van der Waals surface area contributed by atoms with Crippen molar-refractivity contribution in [2.24, 2.45) is 5.92 Å². The third kappa shape index (κ3) is 3.71. The first-order valence-corrected chi connectivity index (χ1v) is 8.17. The molecule has 1 aliphatic heterocycles. The molecule has 1 N–H and O–H groups in total. The van der Waals surface area contributed by atoms with Crippen LogP contribution in [0.4, 0.5) is 0 Å². The average molecular weight is 252 g/mol. The second-order valence-corrected chi connectivity index (χ2v) is 6.80. The Hall–Kier alpha value is -0.0800. The maximum atomic E-state index is 3.72. The Balaban J connectivity index is 1.94. The Bertz CT molecular complexity index is 231. The van der Waals surface area contributed by atoms with Crippen molar-refractivity contribution in [1.29, 1.82) is 0 Å². The van der Waals surface area contributed by atoms with Gasteiger partial charge in [0.15, 0.2) is 0 Å². The minimum absolute atomic E-state index is 0.701. The third-order valence-electron chi connectivity index (χ3n) is 5.00. The quantitative estimate of drug-likeness (QED) is 0.810. The highest BCUT2D eigenvalue weighted by Crippen LogP contribution is 2.25. The third-order valence-corrected chi connectivity index (χ3v) is 5.00. The number of hydrogen-bond donors (Lipinski definition) is 1. The molecule has 0 bridgehead atoms. The summed E-state index contributed by atoms with van der Waals surface area (Å²) >= 11 is 0. The number of hydrogen-bond acceptors (Lipinski definition) is 2. The molecule has 2 nitrogen and oxygen atoms in total. The van der Waals surface area contributed by atoms with E-state index in [4.69, 9.17) is 0 Å². The zero-order chi connectivity index (χ0) is 13.0. The maximum absolute atomic E-state index is 3.72. The standard InChI is InChI=1S/C16H32N2/c1-13(2)16-12-18(14(3)11-17-16)15-9-7-5-4-6-8-10-15/h13-17H,4-12H2,1-3H3. The molecule has 2 rings (SSSR count). The van der Waals surface area contributed by atoms with Crippen molar-refractivity contribution in [3.05, 3.63) is 0 Å². The van der Waals surface area contributed by atoms with E-state index in [0.29, 0.717) is 6.04 Å². The van der Waals surface area contributed by atoms with Gasteiger partial charge in [-0.25, -0.2) is 0 Å². The monoisotopic (exact) mass is 252 g/mol. The van der Waals surface area contributed by atoms with Crippen molar-refractivity contribution in [1.82, 2.24) is 10.2 Å². The maximum Gasteiger partial charge on any atom is 0.0218 e. The molecule has 18 heavy (non-hydrogen) atoms. The van der Waals surface area contributed by atoms with Crippen LogP contribution >= 0.6 is 0 Å². The van der Waals surface area contributed by atoms with Gasteiger partial charge in [0.25, 0.3) is 0 Å². The van der Waals surface area contributed by atoms with Crippen molar-refractivity contribution >= 4 is 0 Å². The van der Waals surface area contributed by atoms with Crippen molar-refractivity contribution in [3.8, 4) is 0 Å². The fourth-order valence-electron chi connectivity index (χ4n) is 3.63. The largest absolute Gasteiger partial charge is 0.311 e. The fourth-order valence-corrected chi connectivity index (χ4v) is 3.63. The predicted octanol–water partition coefficient (Wildman–Crippen LogP) is 3.42. The molecule has 2 fully saturated rings. The van der Waals surface area contributed by atoms with Crippen molar-refractivity contribution in [2.45, 2.75) is 83.8 Å². The van der Waals surface area contributed by atoms with Crippen LogP contribution in [0.15, 0.2) is 0 Å². The lowest BCUT2D eigenvalue weighted by Crippen LogP contribution is -2.59. The molecule has 1 saturated carbocycles. The molecule has 2 heteroatoms. The van der Waals surface area contributed by atoms with Crippen molar-refractivity contribution < 1.29 is 0 Å². The molecule has 2 aliphatic rings. The van der Waals surface area contributed by atoms with Gasteiger partial charge in [0.1, 0.15) is 0 Å². The Morgan fingerprint density at radius 2 is 1.61 bits per heavy atom. The van der Waals surface area contributed by atoms with Gasteiger partial charge in [-0.15, -0.1) is 0 Å². The topological polar surface area (TPSA) is 15.3 Å². The van der Waals surface area contributed by atoms with E-state index in [-0.39, 0.29) is 0 Å². The number of nitrogens with one attached hydrogen (secondary N) is 1. The highest BCUT2D eigenvalue weighted by atomic mass is 15.3. The number of rotatable bonds is 2. The smallest absolute Gasteiger partial charge is 0.0218 e. The molecule has 106 valence electrons. The average Bonchev–Trinajstić information content (AvgIpc) is 2.29. The van der Waals surface area contributed by atoms with E-state index in [1.807, 2.05) is 0 Å². The Labute approximate surface area is 114 Å². The summed E-state index contributed by atoms with van der Waals surface area (Å²) in [5.41, 5.74) is 0. The van der Waals surface area contributed by atoms with E-state index in [2.05, 4.69) is 31.0 Å². The lowest BCUT2D eigenvalue weighted by molar-refractivity contribution is 0.0648. The first kappa shape index (κ1) is 14.3. The van der Waals surface area contributed by atoms with E-state index < -0.39 is 0 Å². The van der Waals surface area contributed by atoms with Gasteiger partial charge in [-0.1, -0.05) is 46.0 Å². The Morgan fingerprint density at radius 3 is 2.22 bits per heavy atom. The molecule has 2 atom stereocenters.